The van der Waals surface area contributed by atoms with Crippen molar-refractivity contribution in [2.45, 2.75) is 13.1 Å². The van der Waals surface area contributed by atoms with Crippen molar-refractivity contribution in [2.24, 2.45) is 0 Å². The molecule has 0 aliphatic carbocycles. The van der Waals surface area contributed by atoms with Crippen LogP contribution in [0.4, 0.5) is 5.69 Å². The lowest BCUT2D eigenvalue weighted by Gasteiger charge is -2.24. The van der Waals surface area contributed by atoms with Crippen LogP contribution < -0.4 is 4.90 Å². The Morgan fingerprint density at radius 3 is 2.74 bits per heavy atom. The van der Waals surface area contributed by atoms with Gasteiger partial charge in [-0.3, -0.25) is 4.79 Å². The van der Waals surface area contributed by atoms with E-state index in [4.69, 9.17) is 9.47 Å². The summed E-state index contributed by atoms with van der Waals surface area (Å²) < 4.78 is 10.5. The summed E-state index contributed by atoms with van der Waals surface area (Å²) in [6.07, 6.45) is 3.61. The van der Waals surface area contributed by atoms with Crippen molar-refractivity contribution in [1.82, 2.24) is 14.9 Å². The van der Waals surface area contributed by atoms with Gasteiger partial charge in [0.05, 0.1) is 31.8 Å². The van der Waals surface area contributed by atoms with Crippen LogP contribution in [0.3, 0.4) is 0 Å². The number of fused-ring (bicyclic) bond motifs is 1. The van der Waals surface area contributed by atoms with Gasteiger partial charge in [-0.25, -0.2) is 4.98 Å². The van der Waals surface area contributed by atoms with Gasteiger partial charge in [0.15, 0.2) is 0 Å². The maximum atomic E-state index is 12.8. The van der Waals surface area contributed by atoms with Gasteiger partial charge in [-0.2, -0.15) is 0 Å². The molecule has 1 aliphatic rings. The van der Waals surface area contributed by atoms with Crippen LogP contribution in [0.25, 0.3) is 11.1 Å². The van der Waals surface area contributed by atoms with E-state index in [1.807, 2.05) is 29.3 Å². The van der Waals surface area contributed by atoms with Gasteiger partial charge >= 0.3 is 0 Å². The molecule has 0 atom stereocenters. The molecule has 0 bridgehead atoms. The van der Waals surface area contributed by atoms with Crippen molar-refractivity contribution in [1.29, 1.82) is 0 Å². The van der Waals surface area contributed by atoms with Crippen LogP contribution in [0.2, 0.25) is 0 Å². The number of hydrogen-bond acceptors (Lipinski definition) is 5. The topological polar surface area (TPSA) is 70.7 Å². The number of rotatable bonds is 8. The van der Waals surface area contributed by atoms with Gasteiger partial charge in [-0.05, 0) is 28.8 Å². The number of anilines is 1. The van der Waals surface area contributed by atoms with Crippen LogP contribution in [0.5, 0.6) is 0 Å². The number of nitrogens with zero attached hydrogens (tertiary/aromatic N) is 3. The molecule has 1 aromatic heterocycles. The van der Waals surface area contributed by atoms with Gasteiger partial charge in [0.2, 0.25) is 5.91 Å². The number of amides is 1. The predicted octanol–water partition coefficient (Wildman–Crippen LogP) is 3.09. The third-order valence-corrected chi connectivity index (χ3v) is 5.45. The molecule has 162 valence electrons. The molecule has 1 N–H and O–H groups in total. The zero-order valence-electron chi connectivity index (χ0n) is 17.8. The number of carbonyl (C=O) groups excluding carboxylic acids is 1. The Hall–Kier alpha value is -3.16. The Balaban J connectivity index is 1.59. The van der Waals surface area contributed by atoms with Crippen molar-refractivity contribution in [3.63, 3.8) is 0 Å². The van der Waals surface area contributed by atoms with Gasteiger partial charge in [-0.1, -0.05) is 36.4 Å². The molecule has 0 radical (unpaired) electrons. The molecule has 1 amide bonds. The van der Waals surface area contributed by atoms with E-state index in [9.17, 15) is 4.79 Å². The standard InChI is InChI=1S/C24H28N4O3/c1-30-11-12-31-17-24(29)28-10-9-27(16-22-14-25-18-26-22)23-8-7-20(13-21(23)15-28)19-5-3-2-4-6-19/h2-8,13-14,18H,9-12,15-17H2,1H3,(H,25,26). The first kappa shape index (κ1) is 21.1. The number of aromatic amines is 1. The molecule has 0 fully saturated rings. The highest BCUT2D eigenvalue weighted by Crippen LogP contribution is 2.31. The Morgan fingerprint density at radius 2 is 1.97 bits per heavy atom. The third-order valence-electron chi connectivity index (χ3n) is 5.45. The van der Waals surface area contributed by atoms with Crippen molar-refractivity contribution in [3.05, 3.63) is 72.3 Å². The predicted molar refractivity (Wildman–Crippen MR) is 120 cm³/mol. The van der Waals surface area contributed by atoms with E-state index in [1.165, 1.54) is 0 Å². The number of carbonyl (C=O) groups is 1. The highest BCUT2D eigenvalue weighted by Gasteiger charge is 2.24. The largest absolute Gasteiger partial charge is 0.382 e. The molecule has 4 rings (SSSR count). The molecule has 0 spiro atoms. The fourth-order valence-electron chi connectivity index (χ4n) is 3.82. The molecule has 2 aromatic carbocycles. The smallest absolute Gasteiger partial charge is 0.248 e. The first-order valence-electron chi connectivity index (χ1n) is 10.5. The van der Waals surface area contributed by atoms with E-state index >= 15 is 0 Å². The minimum Gasteiger partial charge on any atom is -0.382 e. The third kappa shape index (κ3) is 5.31. The summed E-state index contributed by atoms with van der Waals surface area (Å²) in [6.45, 7) is 3.56. The second kappa shape index (κ2) is 10.2. The van der Waals surface area contributed by atoms with Crippen LogP contribution >= 0.6 is 0 Å². The molecule has 31 heavy (non-hydrogen) atoms. The minimum absolute atomic E-state index is 0.00575. The molecule has 0 unspecified atom stereocenters. The van der Waals surface area contributed by atoms with Gasteiger partial charge in [0.25, 0.3) is 0 Å². The van der Waals surface area contributed by atoms with Crippen LogP contribution in [0.15, 0.2) is 61.1 Å². The molecule has 1 aliphatic heterocycles. The van der Waals surface area contributed by atoms with E-state index in [0.717, 1.165) is 34.6 Å². The lowest BCUT2D eigenvalue weighted by atomic mass is 10.0. The summed E-state index contributed by atoms with van der Waals surface area (Å²) in [4.78, 5) is 24.4. The second-order valence-electron chi connectivity index (χ2n) is 7.55. The monoisotopic (exact) mass is 420 g/mol. The molecular weight excluding hydrogens is 392 g/mol. The van der Waals surface area contributed by atoms with E-state index in [1.54, 1.807) is 13.4 Å². The van der Waals surface area contributed by atoms with Crippen molar-refractivity contribution >= 4 is 11.6 Å². The molecule has 0 saturated heterocycles. The van der Waals surface area contributed by atoms with Crippen molar-refractivity contribution < 1.29 is 14.3 Å². The van der Waals surface area contributed by atoms with Crippen LogP contribution in [-0.4, -0.2) is 60.8 Å². The Bertz CT molecular complexity index is 976. The summed E-state index contributed by atoms with van der Waals surface area (Å²) in [6, 6.07) is 16.8. The zero-order valence-corrected chi connectivity index (χ0v) is 17.8. The van der Waals surface area contributed by atoms with Crippen molar-refractivity contribution in [3.8, 4) is 11.1 Å². The normalized spacial score (nSPS) is 13.7. The number of nitrogens with one attached hydrogen (secondary N) is 1. The summed E-state index contributed by atoms with van der Waals surface area (Å²) in [7, 11) is 1.62. The van der Waals surface area contributed by atoms with Gasteiger partial charge in [0, 0.05) is 38.6 Å². The zero-order chi connectivity index (χ0) is 21.5. The number of H-pyrrole nitrogens is 1. The maximum absolute atomic E-state index is 12.8. The summed E-state index contributed by atoms with van der Waals surface area (Å²) >= 11 is 0. The quantitative estimate of drug-likeness (QED) is 0.567. The molecule has 7 heteroatoms. The number of ether oxygens (including phenoxy) is 2. The minimum atomic E-state index is -0.00575. The van der Waals surface area contributed by atoms with Gasteiger partial charge in [0.1, 0.15) is 6.61 Å². The number of methoxy groups -OCH3 is 1. The average molecular weight is 421 g/mol. The van der Waals surface area contributed by atoms with E-state index in [0.29, 0.717) is 32.8 Å². The van der Waals surface area contributed by atoms with E-state index < -0.39 is 0 Å². The molecule has 7 nitrogen and oxygen atoms in total. The lowest BCUT2D eigenvalue weighted by Crippen LogP contribution is -2.37. The van der Waals surface area contributed by atoms with Crippen LogP contribution in [0, 0.1) is 0 Å². The summed E-state index contributed by atoms with van der Waals surface area (Å²) in [5, 5.41) is 0. The Morgan fingerprint density at radius 1 is 1.10 bits per heavy atom. The lowest BCUT2D eigenvalue weighted by molar-refractivity contribution is -0.137. The fourth-order valence-corrected chi connectivity index (χ4v) is 3.82. The number of hydrogen-bond donors (Lipinski definition) is 1. The number of aromatic nitrogens is 2. The highest BCUT2D eigenvalue weighted by molar-refractivity contribution is 5.78. The Labute approximate surface area is 182 Å². The van der Waals surface area contributed by atoms with Crippen LogP contribution in [0.1, 0.15) is 11.3 Å². The molecule has 2 heterocycles. The molecule has 0 saturated carbocycles. The van der Waals surface area contributed by atoms with E-state index in [-0.39, 0.29) is 12.5 Å². The summed E-state index contributed by atoms with van der Waals surface area (Å²) in [5.74, 6) is -0.00575. The second-order valence-corrected chi connectivity index (χ2v) is 7.55. The van der Waals surface area contributed by atoms with Gasteiger partial charge < -0.3 is 24.3 Å². The maximum Gasteiger partial charge on any atom is 0.248 e. The molecular formula is C24H28N4O3. The highest BCUT2D eigenvalue weighted by atomic mass is 16.5. The van der Waals surface area contributed by atoms with Crippen LogP contribution in [-0.2, 0) is 27.4 Å². The molecule has 3 aromatic rings. The SMILES string of the molecule is COCCOCC(=O)N1CCN(Cc2c[nH]cn2)c2ccc(-c3ccccc3)cc2C1. The Kier molecular flexibility index (Phi) is 6.96. The summed E-state index contributed by atoms with van der Waals surface area (Å²) in [5.41, 5.74) is 5.54. The first-order valence-corrected chi connectivity index (χ1v) is 10.5. The first-order chi connectivity index (χ1) is 15.2. The van der Waals surface area contributed by atoms with Gasteiger partial charge in [-0.15, -0.1) is 0 Å². The number of benzene rings is 2. The average Bonchev–Trinajstić information content (AvgIpc) is 3.25. The number of imidazole rings is 1. The van der Waals surface area contributed by atoms with Crippen molar-refractivity contribution in [2.75, 3.05) is 44.9 Å². The fraction of sp³-hybridized carbons (Fsp3) is 0.333. The van der Waals surface area contributed by atoms with E-state index in [2.05, 4.69) is 45.2 Å².